The molecule has 0 aliphatic rings. The van der Waals surface area contributed by atoms with Crippen molar-refractivity contribution in [3.8, 4) is 5.75 Å². The lowest BCUT2D eigenvalue weighted by atomic mass is 10.3. The summed E-state index contributed by atoms with van der Waals surface area (Å²) in [5.41, 5.74) is 0.595. The van der Waals surface area contributed by atoms with Crippen LogP contribution in [-0.4, -0.2) is 28.3 Å². The van der Waals surface area contributed by atoms with E-state index in [9.17, 15) is 8.42 Å². The van der Waals surface area contributed by atoms with Crippen molar-refractivity contribution in [2.75, 3.05) is 24.2 Å². The van der Waals surface area contributed by atoms with Gasteiger partial charge in [0.05, 0.1) is 17.2 Å². The Balaban J connectivity index is 2.27. The highest BCUT2D eigenvalue weighted by Gasteiger charge is 2.21. The maximum absolute atomic E-state index is 12.6. The van der Waals surface area contributed by atoms with Crippen LogP contribution in [0.5, 0.6) is 5.75 Å². The van der Waals surface area contributed by atoms with Crippen LogP contribution in [0.15, 0.2) is 58.3 Å². The van der Waals surface area contributed by atoms with Gasteiger partial charge in [-0.05, 0) is 61.7 Å². The number of benzene rings is 2. The van der Waals surface area contributed by atoms with Gasteiger partial charge in [-0.25, -0.2) is 8.42 Å². The second-order valence-electron chi connectivity index (χ2n) is 4.57. The molecule has 22 heavy (non-hydrogen) atoms. The van der Waals surface area contributed by atoms with Gasteiger partial charge in [-0.1, -0.05) is 0 Å². The molecule has 0 N–H and O–H groups in total. The van der Waals surface area contributed by atoms with E-state index < -0.39 is 10.0 Å². The highest BCUT2D eigenvalue weighted by molar-refractivity contribution is 7.98. The zero-order valence-corrected chi connectivity index (χ0v) is 14.4. The molecule has 2 aromatic rings. The number of thioether (sulfide) groups is 1. The van der Waals surface area contributed by atoms with Crippen molar-refractivity contribution in [1.82, 2.24) is 0 Å². The van der Waals surface area contributed by atoms with Gasteiger partial charge in [-0.2, -0.15) is 0 Å². The van der Waals surface area contributed by atoms with Gasteiger partial charge in [0, 0.05) is 11.9 Å². The molecule has 0 aliphatic heterocycles. The van der Waals surface area contributed by atoms with Crippen LogP contribution in [0.3, 0.4) is 0 Å². The zero-order chi connectivity index (χ0) is 16.2. The number of rotatable bonds is 6. The van der Waals surface area contributed by atoms with Crippen LogP contribution in [-0.2, 0) is 10.0 Å². The van der Waals surface area contributed by atoms with Crippen molar-refractivity contribution in [3.05, 3.63) is 48.5 Å². The number of sulfonamides is 1. The van der Waals surface area contributed by atoms with E-state index in [0.717, 1.165) is 10.6 Å². The fraction of sp³-hybridized carbons (Fsp3) is 0.250. The minimum atomic E-state index is -3.56. The summed E-state index contributed by atoms with van der Waals surface area (Å²) < 4.78 is 31.9. The minimum Gasteiger partial charge on any atom is -0.494 e. The van der Waals surface area contributed by atoms with E-state index in [4.69, 9.17) is 4.74 Å². The summed E-state index contributed by atoms with van der Waals surface area (Å²) in [4.78, 5) is 1.31. The zero-order valence-electron chi connectivity index (χ0n) is 12.8. The monoisotopic (exact) mass is 337 g/mol. The molecule has 0 bridgehead atoms. The molecule has 0 aromatic heterocycles. The summed E-state index contributed by atoms with van der Waals surface area (Å²) in [6.07, 6.45) is 1.95. The van der Waals surface area contributed by atoms with Crippen LogP contribution in [0.1, 0.15) is 6.92 Å². The molecule has 0 fully saturated rings. The third-order valence-electron chi connectivity index (χ3n) is 3.23. The summed E-state index contributed by atoms with van der Waals surface area (Å²) in [7, 11) is -2.01. The molecule has 0 heterocycles. The van der Waals surface area contributed by atoms with Gasteiger partial charge in [0.25, 0.3) is 10.0 Å². The van der Waals surface area contributed by atoms with Crippen molar-refractivity contribution in [2.24, 2.45) is 0 Å². The minimum absolute atomic E-state index is 0.279. The smallest absolute Gasteiger partial charge is 0.264 e. The molecule has 2 rings (SSSR count). The van der Waals surface area contributed by atoms with Crippen molar-refractivity contribution in [3.63, 3.8) is 0 Å². The van der Waals surface area contributed by atoms with Gasteiger partial charge in [0.1, 0.15) is 5.75 Å². The fourth-order valence-corrected chi connectivity index (χ4v) is 3.57. The molecule has 0 unspecified atom stereocenters. The number of hydrogen-bond donors (Lipinski definition) is 0. The number of hydrogen-bond acceptors (Lipinski definition) is 4. The third kappa shape index (κ3) is 3.56. The van der Waals surface area contributed by atoms with Crippen LogP contribution in [0.25, 0.3) is 0 Å². The van der Waals surface area contributed by atoms with Gasteiger partial charge >= 0.3 is 0 Å². The van der Waals surface area contributed by atoms with Crippen molar-refractivity contribution < 1.29 is 13.2 Å². The van der Waals surface area contributed by atoms with E-state index in [-0.39, 0.29) is 4.90 Å². The van der Waals surface area contributed by atoms with E-state index in [1.165, 1.54) is 4.31 Å². The van der Waals surface area contributed by atoms with Crippen molar-refractivity contribution >= 4 is 27.5 Å². The summed E-state index contributed by atoms with van der Waals surface area (Å²) in [5, 5.41) is 0. The van der Waals surface area contributed by atoms with Gasteiger partial charge in [0.15, 0.2) is 0 Å². The molecule has 0 saturated heterocycles. The summed E-state index contributed by atoms with van der Waals surface area (Å²) >= 11 is 1.58. The predicted molar refractivity (Wildman–Crippen MR) is 91.4 cm³/mol. The molecule has 0 spiro atoms. The van der Waals surface area contributed by atoms with E-state index in [1.54, 1.807) is 55.2 Å². The van der Waals surface area contributed by atoms with Crippen LogP contribution < -0.4 is 9.04 Å². The van der Waals surface area contributed by atoms with Gasteiger partial charge in [-0.15, -0.1) is 11.8 Å². The Morgan fingerprint density at radius 3 is 2.14 bits per heavy atom. The first kappa shape index (κ1) is 16.7. The van der Waals surface area contributed by atoms with Gasteiger partial charge in [-0.3, -0.25) is 4.31 Å². The first-order valence-corrected chi connectivity index (χ1v) is 9.51. The number of ether oxygens (including phenoxy) is 1. The molecule has 0 amide bonds. The average molecular weight is 337 g/mol. The molecule has 4 nitrogen and oxygen atoms in total. The first-order valence-electron chi connectivity index (χ1n) is 6.85. The molecule has 6 heteroatoms. The average Bonchev–Trinajstić information content (AvgIpc) is 2.55. The maximum atomic E-state index is 12.6. The Bertz CT molecular complexity index is 710. The highest BCUT2D eigenvalue weighted by atomic mass is 32.2. The standard InChI is InChI=1S/C16H19NO3S2/c1-4-20-14-7-5-13(6-8-14)17(2)22(18,19)16-11-9-15(21-3)10-12-16/h5-12H,4H2,1-3H3. The van der Waals surface area contributed by atoms with Crippen molar-refractivity contribution in [2.45, 2.75) is 16.7 Å². The normalized spacial score (nSPS) is 11.2. The quantitative estimate of drug-likeness (QED) is 0.755. The summed E-state index contributed by atoms with van der Waals surface area (Å²) in [6, 6.07) is 13.9. The van der Waals surface area contributed by atoms with Crippen molar-refractivity contribution in [1.29, 1.82) is 0 Å². The Morgan fingerprint density at radius 1 is 1.05 bits per heavy atom. The molecule has 2 aromatic carbocycles. The topological polar surface area (TPSA) is 46.6 Å². The number of nitrogens with zero attached hydrogens (tertiary/aromatic N) is 1. The Labute approximate surface area is 136 Å². The molecular weight excluding hydrogens is 318 g/mol. The van der Waals surface area contributed by atoms with Crippen LogP contribution in [0.2, 0.25) is 0 Å². The highest BCUT2D eigenvalue weighted by Crippen LogP contribution is 2.25. The predicted octanol–water partition coefficient (Wildman–Crippen LogP) is 3.63. The second kappa shape index (κ2) is 7.07. The molecule has 0 aliphatic carbocycles. The fourth-order valence-electron chi connectivity index (χ4n) is 1.96. The first-order chi connectivity index (χ1) is 10.5. The molecular formula is C16H19NO3S2. The molecule has 0 atom stereocenters. The van der Waals surface area contributed by atoms with Crippen LogP contribution in [0.4, 0.5) is 5.69 Å². The van der Waals surface area contributed by atoms with E-state index in [1.807, 2.05) is 25.3 Å². The van der Waals surface area contributed by atoms with Crippen LogP contribution in [0, 0.1) is 0 Å². The summed E-state index contributed by atoms with van der Waals surface area (Å²) in [5.74, 6) is 0.723. The third-order valence-corrected chi connectivity index (χ3v) is 5.77. The van der Waals surface area contributed by atoms with Gasteiger partial charge < -0.3 is 4.74 Å². The van der Waals surface area contributed by atoms with E-state index >= 15 is 0 Å². The Kier molecular flexibility index (Phi) is 5.37. The largest absolute Gasteiger partial charge is 0.494 e. The van der Waals surface area contributed by atoms with Crippen LogP contribution >= 0.6 is 11.8 Å². The summed E-state index contributed by atoms with van der Waals surface area (Å²) in [6.45, 7) is 2.48. The lowest BCUT2D eigenvalue weighted by Gasteiger charge is -2.20. The maximum Gasteiger partial charge on any atom is 0.264 e. The Morgan fingerprint density at radius 2 is 1.64 bits per heavy atom. The molecule has 0 radical (unpaired) electrons. The van der Waals surface area contributed by atoms with E-state index in [0.29, 0.717) is 12.3 Å². The van der Waals surface area contributed by atoms with E-state index in [2.05, 4.69) is 0 Å². The lowest BCUT2D eigenvalue weighted by Crippen LogP contribution is -2.26. The second-order valence-corrected chi connectivity index (χ2v) is 7.42. The SMILES string of the molecule is CCOc1ccc(N(C)S(=O)(=O)c2ccc(SC)cc2)cc1. The Hall–Kier alpha value is -1.66. The molecule has 0 saturated carbocycles. The lowest BCUT2D eigenvalue weighted by molar-refractivity contribution is 0.340. The number of anilines is 1. The van der Waals surface area contributed by atoms with Gasteiger partial charge in [0.2, 0.25) is 0 Å². The molecule has 118 valence electrons.